The zero-order chi connectivity index (χ0) is 14.7. The van der Waals surface area contributed by atoms with E-state index >= 15 is 0 Å². The lowest BCUT2D eigenvalue weighted by molar-refractivity contribution is 0.0495. The Balaban J connectivity index is 1.58. The Kier molecular flexibility index (Phi) is 5.60. The lowest BCUT2D eigenvalue weighted by Crippen LogP contribution is -2.21. The molecule has 2 aliphatic rings. The Labute approximate surface area is 143 Å². The first-order chi connectivity index (χ1) is 10.2. The second kappa shape index (κ2) is 7.44. The predicted octanol–water partition coefficient (Wildman–Crippen LogP) is 4.27. The molecule has 1 aliphatic heterocycles. The van der Waals surface area contributed by atoms with E-state index in [1.807, 2.05) is 0 Å². The molecular weight excluding hydrogens is 398 g/mol. The molecule has 0 bridgehead atoms. The van der Waals surface area contributed by atoms with Gasteiger partial charge in [-0.2, -0.15) is 0 Å². The summed E-state index contributed by atoms with van der Waals surface area (Å²) in [6, 6.07) is 5.03. The van der Waals surface area contributed by atoms with Crippen LogP contribution >= 0.6 is 31.9 Å². The summed E-state index contributed by atoms with van der Waals surface area (Å²) in [4.78, 5) is 0. The van der Waals surface area contributed by atoms with Crippen molar-refractivity contribution in [3.8, 4) is 5.75 Å². The highest BCUT2D eigenvalue weighted by Crippen LogP contribution is 2.35. The van der Waals surface area contributed by atoms with Gasteiger partial charge in [0.1, 0.15) is 5.75 Å². The summed E-state index contributed by atoms with van der Waals surface area (Å²) in [5.41, 5.74) is 1.28. The van der Waals surface area contributed by atoms with E-state index in [4.69, 9.17) is 9.47 Å². The monoisotopic (exact) mass is 417 g/mol. The molecule has 1 saturated carbocycles. The quantitative estimate of drug-likeness (QED) is 0.748. The third kappa shape index (κ3) is 4.68. The summed E-state index contributed by atoms with van der Waals surface area (Å²) in [6.07, 6.45) is 4.82. The zero-order valence-corrected chi connectivity index (χ0v) is 15.2. The van der Waals surface area contributed by atoms with Crippen LogP contribution in [0.1, 0.15) is 31.2 Å². The minimum absolute atomic E-state index is 0.605. The fourth-order valence-corrected chi connectivity index (χ4v) is 4.03. The van der Waals surface area contributed by atoms with Gasteiger partial charge >= 0.3 is 0 Å². The first-order valence-corrected chi connectivity index (χ1v) is 9.23. The van der Waals surface area contributed by atoms with Crippen LogP contribution in [0, 0.1) is 5.92 Å². The van der Waals surface area contributed by atoms with Crippen LogP contribution in [0.25, 0.3) is 0 Å². The molecule has 1 aliphatic carbocycles. The van der Waals surface area contributed by atoms with E-state index in [1.165, 1.54) is 18.4 Å². The molecule has 116 valence electrons. The minimum atomic E-state index is 0.605. The zero-order valence-electron chi connectivity index (χ0n) is 12.0. The van der Waals surface area contributed by atoms with E-state index in [-0.39, 0.29) is 0 Å². The van der Waals surface area contributed by atoms with Crippen LogP contribution < -0.4 is 10.1 Å². The molecule has 0 amide bonds. The van der Waals surface area contributed by atoms with Gasteiger partial charge in [-0.15, -0.1) is 0 Å². The molecule has 0 aromatic heterocycles. The molecule has 1 N–H and O–H groups in total. The summed E-state index contributed by atoms with van der Waals surface area (Å²) >= 11 is 7.28. The van der Waals surface area contributed by atoms with Gasteiger partial charge in [0, 0.05) is 25.8 Å². The molecule has 1 aromatic carbocycles. The van der Waals surface area contributed by atoms with Gasteiger partial charge in [0.15, 0.2) is 0 Å². The van der Waals surface area contributed by atoms with Crippen molar-refractivity contribution >= 4 is 31.9 Å². The molecular formula is C16H21Br2NO2. The van der Waals surface area contributed by atoms with E-state index in [2.05, 4.69) is 49.3 Å². The first kappa shape index (κ1) is 15.8. The van der Waals surface area contributed by atoms with Crippen molar-refractivity contribution < 1.29 is 9.47 Å². The van der Waals surface area contributed by atoms with Gasteiger partial charge < -0.3 is 14.8 Å². The normalized spacial score (nSPS) is 19.7. The second-order valence-corrected chi connectivity index (χ2v) is 7.62. The van der Waals surface area contributed by atoms with Gasteiger partial charge in [0.2, 0.25) is 0 Å². The Morgan fingerprint density at radius 2 is 1.76 bits per heavy atom. The van der Waals surface area contributed by atoms with E-state index in [1.54, 1.807) is 0 Å². The van der Waals surface area contributed by atoms with E-state index < -0.39 is 0 Å². The number of benzene rings is 1. The standard InChI is InChI=1S/C16H21Br2NO2/c17-14-7-12(9-19-13-1-2-13)8-15(18)16(14)21-10-11-3-5-20-6-4-11/h7-8,11,13,19H,1-6,9-10H2. The Morgan fingerprint density at radius 1 is 1.10 bits per heavy atom. The van der Waals surface area contributed by atoms with Crippen LogP contribution in [0.5, 0.6) is 5.75 Å². The van der Waals surface area contributed by atoms with Crippen molar-refractivity contribution in [3.63, 3.8) is 0 Å². The third-order valence-corrected chi connectivity index (χ3v) is 5.21. The van der Waals surface area contributed by atoms with Gasteiger partial charge in [-0.1, -0.05) is 0 Å². The number of rotatable bonds is 6. The van der Waals surface area contributed by atoms with Gasteiger partial charge in [-0.05, 0) is 81.2 Å². The minimum Gasteiger partial charge on any atom is -0.491 e. The Bertz CT molecular complexity index is 462. The molecule has 0 spiro atoms. The number of hydrogen-bond donors (Lipinski definition) is 1. The van der Waals surface area contributed by atoms with Crippen LogP contribution in [0.4, 0.5) is 0 Å². The van der Waals surface area contributed by atoms with Gasteiger partial charge in [0.25, 0.3) is 0 Å². The second-order valence-electron chi connectivity index (χ2n) is 5.91. The highest BCUT2D eigenvalue weighted by atomic mass is 79.9. The molecule has 5 heteroatoms. The fourth-order valence-electron chi connectivity index (χ4n) is 2.52. The summed E-state index contributed by atoms with van der Waals surface area (Å²) in [5, 5.41) is 3.53. The molecule has 3 nitrogen and oxygen atoms in total. The molecule has 1 heterocycles. The average Bonchev–Trinajstić information content (AvgIpc) is 3.29. The van der Waals surface area contributed by atoms with E-state index in [9.17, 15) is 0 Å². The van der Waals surface area contributed by atoms with Gasteiger partial charge in [0.05, 0.1) is 15.6 Å². The van der Waals surface area contributed by atoms with Crippen LogP contribution in [0.3, 0.4) is 0 Å². The van der Waals surface area contributed by atoms with Crippen molar-refractivity contribution in [1.29, 1.82) is 0 Å². The maximum absolute atomic E-state index is 6.03. The predicted molar refractivity (Wildman–Crippen MR) is 90.7 cm³/mol. The molecule has 0 unspecified atom stereocenters. The van der Waals surface area contributed by atoms with Crippen molar-refractivity contribution in [3.05, 3.63) is 26.6 Å². The van der Waals surface area contributed by atoms with Crippen LogP contribution in [0.2, 0.25) is 0 Å². The summed E-state index contributed by atoms with van der Waals surface area (Å²) in [7, 11) is 0. The summed E-state index contributed by atoms with van der Waals surface area (Å²) in [5.74, 6) is 1.52. The van der Waals surface area contributed by atoms with E-state index in [0.29, 0.717) is 5.92 Å². The Morgan fingerprint density at radius 3 is 2.38 bits per heavy atom. The van der Waals surface area contributed by atoms with Gasteiger partial charge in [-0.3, -0.25) is 0 Å². The molecule has 3 rings (SSSR count). The summed E-state index contributed by atoms with van der Waals surface area (Å²) in [6.45, 7) is 3.41. The Hall–Kier alpha value is -0.100. The van der Waals surface area contributed by atoms with Crippen molar-refractivity contribution in [1.82, 2.24) is 5.32 Å². The lowest BCUT2D eigenvalue weighted by Gasteiger charge is -2.23. The molecule has 1 saturated heterocycles. The highest BCUT2D eigenvalue weighted by Gasteiger charge is 2.21. The van der Waals surface area contributed by atoms with E-state index in [0.717, 1.165) is 59.9 Å². The molecule has 1 aromatic rings. The van der Waals surface area contributed by atoms with Crippen molar-refractivity contribution in [2.24, 2.45) is 5.92 Å². The average molecular weight is 419 g/mol. The fraction of sp³-hybridized carbons (Fsp3) is 0.625. The number of nitrogens with one attached hydrogen (secondary N) is 1. The SMILES string of the molecule is Brc1cc(CNC2CC2)cc(Br)c1OCC1CCOCC1. The maximum Gasteiger partial charge on any atom is 0.147 e. The molecule has 0 radical (unpaired) electrons. The number of halogens is 2. The largest absolute Gasteiger partial charge is 0.491 e. The van der Waals surface area contributed by atoms with Crippen molar-refractivity contribution in [2.45, 2.75) is 38.3 Å². The smallest absolute Gasteiger partial charge is 0.147 e. The van der Waals surface area contributed by atoms with Gasteiger partial charge in [-0.25, -0.2) is 0 Å². The maximum atomic E-state index is 6.03. The lowest BCUT2D eigenvalue weighted by atomic mass is 10.0. The van der Waals surface area contributed by atoms with Crippen molar-refractivity contribution in [2.75, 3.05) is 19.8 Å². The summed E-state index contributed by atoms with van der Waals surface area (Å²) < 4.78 is 13.5. The van der Waals surface area contributed by atoms with Crippen LogP contribution in [-0.2, 0) is 11.3 Å². The van der Waals surface area contributed by atoms with Crippen LogP contribution in [0.15, 0.2) is 21.1 Å². The van der Waals surface area contributed by atoms with Crippen LogP contribution in [-0.4, -0.2) is 25.9 Å². The highest BCUT2D eigenvalue weighted by molar-refractivity contribution is 9.11. The number of ether oxygens (including phenoxy) is 2. The third-order valence-electron chi connectivity index (χ3n) is 4.03. The topological polar surface area (TPSA) is 30.5 Å². The molecule has 0 atom stereocenters. The molecule has 21 heavy (non-hydrogen) atoms. The number of hydrogen-bond acceptors (Lipinski definition) is 3. The molecule has 2 fully saturated rings. The first-order valence-electron chi connectivity index (χ1n) is 7.64.